The van der Waals surface area contributed by atoms with Crippen LogP contribution in [0.25, 0.3) is 10.9 Å². The third-order valence-corrected chi connectivity index (χ3v) is 3.47. The maximum atomic E-state index is 12.0. The van der Waals surface area contributed by atoms with Gasteiger partial charge in [-0.3, -0.25) is 9.78 Å². The highest BCUT2D eigenvalue weighted by Crippen LogP contribution is 2.17. The number of aryl methyl sites for hydroxylation is 1. The first-order valence-electron chi connectivity index (χ1n) is 6.93. The van der Waals surface area contributed by atoms with Crippen LogP contribution in [0, 0.1) is 0 Å². The molecule has 0 aliphatic carbocycles. The van der Waals surface area contributed by atoms with Crippen LogP contribution in [0.3, 0.4) is 0 Å². The van der Waals surface area contributed by atoms with Crippen molar-refractivity contribution in [2.45, 2.75) is 12.8 Å². The zero-order valence-electron chi connectivity index (χ0n) is 12.1. The average molecular weight is 271 g/mol. The number of hydrogen-bond donors (Lipinski definition) is 1. The van der Waals surface area contributed by atoms with E-state index in [1.165, 1.54) is 5.56 Å². The highest BCUT2D eigenvalue weighted by atomic mass is 16.2. The van der Waals surface area contributed by atoms with Gasteiger partial charge in [-0.1, -0.05) is 18.2 Å². The number of para-hydroxylation sites is 1. The second-order valence-electron chi connectivity index (χ2n) is 4.91. The smallest absolute Gasteiger partial charge is 0.222 e. The van der Waals surface area contributed by atoms with E-state index in [1.54, 1.807) is 4.90 Å². The van der Waals surface area contributed by atoms with Gasteiger partial charge in [0.15, 0.2) is 0 Å². The van der Waals surface area contributed by atoms with Gasteiger partial charge in [0.2, 0.25) is 5.91 Å². The fourth-order valence-electron chi connectivity index (χ4n) is 2.21. The number of benzene rings is 1. The molecule has 0 fully saturated rings. The molecule has 0 aliphatic heterocycles. The van der Waals surface area contributed by atoms with Crippen molar-refractivity contribution in [3.63, 3.8) is 0 Å². The van der Waals surface area contributed by atoms with Crippen LogP contribution in [-0.4, -0.2) is 43.0 Å². The summed E-state index contributed by atoms with van der Waals surface area (Å²) >= 11 is 0. The van der Waals surface area contributed by atoms with Crippen molar-refractivity contribution in [2.75, 3.05) is 27.2 Å². The first-order chi connectivity index (χ1) is 9.72. The van der Waals surface area contributed by atoms with Gasteiger partial charge >= 0.3 is 0 Å². The molecule has 0 saturated heterocycles. The Kier molecular flexibility index (Phi) is 5.07. The average Bonchev–Trinajstić information content (AvgIpc) is 2.50. The van der Waals surface area contributed by atoms with Gasteiger partial charge < -0.3 is 10.2 Å². The van der Waals surface area contributed by atoms with Gasteiger partial charge in [0.25, 0.3) is 0 Å². The van der Waals surface area contributed by atoms with Crippen molar-refractivity contribution in [3.8, 4) is 0 Å². The van der Waals surface area contributed by atoms with E-state index < -0.39 is 0 Å². The Morgan fingerprint density at radius 1 is 1.30 bits per heavy atom. The number of carbonyl (C=O) groups is 1. The summed E-state index contributed by atoms with van der Waals surface area (Å²) in [6.07, 6.45) is 3.10. The number of pyridine rings is 1. The second-order valence-corrected chi connectivity index (χ2v) is 4.91. The molecule has 4 nitrogen and oxygen atoms in total. The minimum Gasteiger partial charge on any atom is -0.344 e. The Balaban J connectivity index is 2.01. The normalized spacial score (nSPS) is 10.7. The Bertz CT molecular complexity index is 577. The van der Waals surface area contributed by atoms with E-state index in [4.69, 9.17) is 0 Å². The number of nitrogens with zero attached hydrogens (tertiary/aromatic N) is 2. The standard InChI is InChI=1S/C16H21N3O/c1-17-11-12-19(2)16(20)8-7-13-9-10-18-15-6-4-3-5-14(13)15/h3-6,9-10,17H,7-8,11-12H2,1-2H3. The third kappa shape index (κ3) is 3.54. The molecule has 106 valence electrons. The Morgan fingerprint density at radius 2 is 2.10 bits per heavy atom. The maximum absolute atomic E-state index is 12.0. The molecule has 2 rings (SSSR count). The molecule has 1 heterocycles. The van der Waals surface area contributed by atoms with E-state index in [9.17, 15) is 4.79 Å². The van der Waals surface area contributed by atoms with Crippen molar-refractivity contribution >= 4 is 16.8 Å². The first-order valence-corrected chi connectivity index (χ1v) is 6.93. The summed E-state index contributed by atoms with van der Waals surface area (Å²) in [5.41, 5.74) is 2.17. The summed E-state index contributed by atoms with van der Waals surface area (Å²) in [6.45, 7) is 1.56. The van der Waals surface area contributed by atoms with Gasteiger partial charge in [-0.05, 0) is 31.2 Å². The van der Waals surface area contributed by atoms with Gasteiger partial charge in [0, 0.05) is 38.1 Å². The lowest BCUT2D eigenvalue weighted by molar-refractivity contribution is -0.129. The predicted octanol–water partition coefficient (Wildman–Crippen LogP) is 1.85. The molecule has 2 aromatic rings. The zero-order chi connectivity index (χ0) is 14.4. The number of carbonyl (C=O) groups excluding carboxylic acids is 1. The summed E-state index contributed by atoms with van der Waals surface area (Å²) in [5, 5.41) is 4.19. The third-order valence-electron chi connectivity index (χ3n) is 3.47. The number of aromatic nitrogens is 1. The molecule has 1 aromatic carbocycles. The highest BCUT2D eigenvalue weighted by molar-refractivity contribution is 5.83. The molecule has 0 atom stereocenters. The molecule has 0 radical (unpaired) electrons. The lowest BCUT2D eigenvalue weighted by Crippen LogP contribution is -2.32. The van der Waals surface area contributed by atoms with E-state index >= 15 is 0 Å². The maximum Gasteiger partial charge on any atom is 0.222 e. The monoisotopic (exact) mass is 271 g/mol. The van der Waals surface area contributed by atoms with E-state index in [1.807, 2.05) is 44.6 Å². The van der Waals surface area contributed by atoms with Crippen molar-refractivity contribution in [1.82, 2.24) is 15.2 Å². The molecule has 0 unspecified atom stereocenters. The number of amides is 1. The van der Waals surface area contributed by atoms with Crippen molar-refractivity contribution in [1.29, 1.82) is 0 Å². The first kappa shape index (κ1) is 14.5. The number of nitrogens with one attached hydrogen (secondary N) is 1. The van der Waals surface area contributed by atoms with Gasteiger partial charge in [0.05, 0.1) is 5.52 Å². The number of likely N-dealkylation sites (N-methyl/N-ethyl adjacent to an activating group) is 2. The number of hydrogen-bond acceptors (Lipinski definition) is 3. The molecule has 1 amide bonds. The minimum absolute atomic E-state index is 0.182. The predicted molar refractivity (Wildman–Crippen MR) is 81.6 cm³/mol. The lowest BCUT2D eigenvalue weighted by Gasteiger charge is -2.17. The van der Waals surface area contributed by atoms with E-state index in [0.717, 1.165) is 30.4 Å². The Labute approximate surface area is 119 Å². The fraction of sp³-hybridized carbons (Fsp3) is 0.375. The van der Waals surface area contributed by atoms with Crippen LogP contribution in [0.4, 0.5) is 0 Å². The molecule has 0 spiro atoms. The zero-order valence-corrected chi connectivity index (χ0v) is 12.1. The van der Waals surface area contributed by atoms with Crippen LogP contribution in [0.1, 0.15) is 12.0 Å². The molecule has 0 aliphatic rings. The lowest BCUT2D eigenvalue weighted by atomic mass is 10.0. The summed E-state index contributed by atoms with van der Waals surface area (Å²) in [6, 6.07) is 10.1. The molecule has 20 heavy (non-hydrogen) atoms. The van der Waals surface area contributed by atoms with Crippen LogP contribution >= 0.6 is 0 Å². The van der Waals surface area contributed by atoms with E-state index in [0.29, 0.717) is 6.42 Å². The number of rotatable bonds is 6. The fourth-order valence-corrected chi connectivity index (χ4v) is 2.21. The number of fused-ring (bicyclic) bond motifs is 1. The second kappa shape index (κ2) is 7.01. The van der Waals surface area contributed by atoms with Crippen LogP contribution in [0.15, 0.2) is 36.5 Å². The van der Waals surface area contributed by atoms with Gasteiger partial charge in [-0.15, -0.1) is 0 Å². The Morgan fingerprint density at radius 3 is 2.90 bits per heavy atom. The molecular formula is C16H21N3O. The summed E-state index contributed by atoms with van der Waals surface area (Å²) in [7, 11) is 3.74. The van der Waals surface area contributed by atoms with E-state index in [-0.39, 0.29) is 5.91 Å². The highest BCUT2D eigenvalue weighted by Gasteiger charge is 2.09. The minimum atomic E-state index is 0.182. The van der Waals surface area contributed by atoms with Gasteiger partial charge in [-0.25, -0.2) is 0 Å². The van der Waals surface area contributed by atoms with Crippen molar-refractivity contribution < 1.29 is 4.79 Å². The van der Waals surface area contributed by atoms with Gasteiger partial charge in [-0.2, -0.15) is 0 Å². The molecule has 4 heteroatoms. The van der Waals surface area contributed by atoms with Gasteiger partial charge in [0.1, 0.15) is 0 Å². The summed E-state index contributed by atoms with van der Waals surface area (Å²) in [4.78, 5) is 18.2. The van der Waals surface area contributed by atoms with Crippen molar-refractivity contribution in [3.05, 3.63) is 42.1 Å². The summed E-state index contributed by atoms with van der Waals surface area (Å²) in [5.74, 6) is 0.182. The molecule has 1 N–H and O–H groups in total. The van der Waals surface area contributed by atoms with Crippen LogP contribution in [0.5, 0.6) is 0 Å². The quantitative estimate of drug-likeness (QED) is 0.872. The largest absolute Gasteiger partial charge is 0.344 e. The molecule has 0 saturated carbocycles. The Hall–Kier alpha value is -1.94. The van der Waals surface area contributed by atoms with Crippen LogP contribution in [0.2, 0.25) is 0 Å². The van der Waals surface area contributed by atoms with Crippen LogP contribution < -0.4 is 5.32 Å². The summed E-state index contributed by atoms with van der Waals surface area (Å²) < 4.78 is 0. The molecule has 1 aromatic heterocycles. The molecular weight excluding hydrogens is 250 g/mol. The topological polar surface area (TPSA) is 45.2 Å². The van der Waals surface area contributed by atoms with Crippen LogP contribution in [-0.2, 0) is 11.2 Å². The SMILES string of the molecule is CNCCN(C)C(=O)CCc1ccnc2ccccc12. The molecule has 0 bridgehead atoms. The van der Waals surface area contributed by atoms with Crippen molar-refractivity contribution in [2.24, 2.45) is 0 Å². The van der Waals surface area contributed by atoms with E-state index in [2.05, 4.69) is 16.4 Å².